The summed E-state index contributed by atoms with van der Waals surface area (Å²) < 4.78 is 40.7. The Hall–Kier alpha value is -2.64. The van der Waals surface area contributed by atoms with E-state index in [1.807, 2.05) is 30.3 Å². The molecule has 0 aliphatic heterocycles. The number of nitrogens with one attached hydrogen (secondary N) is 1. The van der Waals surface area contributed by atoms with Gasteiger partial charge in [0, 0.05) is 6.07 Å². The van der Waals surface area contributed by atoms with Crippen LogP contribution in [0.5, 0.6) is 0 Å². The number of benzene rings is 1. The second-order valence-corrected chi connectivity index (χ2v) is 6.41. The van der Waals surface area contributed by atoms with E-state index in [4.69, 9.17) is 0 Å². The summed E-state index contributed by atoms with van der Waals surface area (Å²) in [7, 11) is 0. The Bertz CT molecular complexity index is 890. The van der Waals surface area contributed by atoms with Crippen molar-refractivity contribution in [1.29, 1.82) is 0 Å². The van der Waals surface area contributed by atoms with Gasteiger partial charge in [0.25, 0.3) is 5.78 Å². The van der Waals surface area contributed by atoms with Gasteiger partial charge >= 0.3 is 6.18 Å². The van der Waals surface area contributed by atoms with Gasteiger partial charge in [-0.2, -0.15) is 27.8 Å². The monoisotopic (exact) mass is 347 g/mol. The molecule has 0 saturated heterocycles. The van der Waals surface area contributed by atoms with Crippen LogP contribution in [0.25, 0.3) is 5.78 Å². The molecule has 0 bridgehead atoms. The summed E-state index contributed by atoms with van der Waals surface area (Å²) in [5, 5.41) is 7.25. The van der Waals surface area contributed by atoms with Crippen LogP contribution in [0.1, 0.15) is 30.6 Å². The highest BCUT2D eigenvalue weighted by atomic mass is 19.4. The molecule has 0 radical (unpaired) electrons. The van der Waals surface area contributed by atoms with E-state index in [1.165, 1.54) is 10.8 Å². The molecular formula is C17H16F3N5. The zero-order chi connectivity index (χ0) is 17.6. The Morgan fingerprint density at radius 3 is 2.60 bits per heavy atom. The van der Waals surface area contributed by atoms with Crippen molar-refractivity contribution < 1.29 is 13.2 Å². The van der Waals surface area contributed by atoms with Crippen molar-refractivity contribution in [3.8, 4) is 0 Å². The Morgan fingerprint density at radius 1 is 1.24 bits per heavy atom. The quantitative estimate of drug-likeness (QED) is 0.776. The molecule has 5 nitrogen and oxygen atoms in total. The molecule has 8 heteroatoms. The molecule has 2 heterocycles. The molecule has 2 aromatic heterocycles. The Labute approximate surface area is 141 Å². The van der Waals surface area contributed by atoms with Gasteiger partial charge < -0.3 is 5.32 Å². The predicted molar refractivity (Wildman–Crippen MR) is 85.9 cm³/mol. The lowest BCUT2D eigenvalue weighted by molar-refractivity contribution is -0.141. The molecule has 4 rings (SSSR count). The maximum absolute atomic E-state index is 13.1. The zero-order valence-electron chi connectivity index (χ0n) is 13.4. The summed E-state index contributed by atoms with van der Waals surface area (Å²) in [5.41, 5.74) is 0.0571. The number of rotatable bonds is 4. The van der Waals surface area contributed by atoms with Gasteiger partial charge in [-0.25, -0.2) is 4.98 Å². The van der Waals surface area contributed by atoms with E-state index in [-0.39, 0.29) is 17.6 Å². The van der Waals surface area contributed by atoms with Crippen molar-refractivity contribution in [2.75, 3.05) is 5.32 Å². The van der Waals surface area contributed by atoms with E-state index in [9.17, 15) is 13.2 Å². The van der Waals surface area contributed by atoms with Crippen molar-refractivity contribution in [2.24, 2.45) is 11.8 Å². The smallest absolute Gasteiger partial charge is 0.363 e. The average molecular weight is 347 g/mol. The molecule has 3 atom stereocenters. The van der Waals surface area contributed by atoms with Crippen LogP contribution in [-0.4, -0.2) is 19.6 Å². The minimum atomic E-state index is -4.54. The van der Waals surface area contributed by atoms with Crippen molar-refractivity contribution >= 4 is 11.6 Å². The molecular weight excluding hydrogens is 331 g/mol. The van der Waals surface area contributed by atoms with Gasteiger partial charge in [0.2, 0.25) is 0 Å². The van der Waals surface area contributed by atoms with Crippen LogP contribution in [0.3, 0.4) is 0 Å². The van der Waals surface area contributed by atoms with Crippen LogP contribution >= 0.6 is 0 Å². The van der Waals surface area contributed by atoms with E-state index < -0.39 is 11.9 Å². The number of halogens is 3. The largest absolute Gasteiger partial charge is 0.433 e. The SMILES string of the molecule is CC1CC1C(Nc1cc(C(F)(F)F)nc2ncnn12)c1ccccc1. The number of aromatic nitrogens is 4. The number of hydrogen-bond acceptors (Lipinski definition) is 4. The van der Waals surface area contributed by atoms with Crippen LogP contribution in [0, 0.1) is 11.8 Å². The highest BCUT2D eigenvalue weighted by Gasteiger charge is 2.41. The fourth-order valence-corrected chi connectivity index (χ4v) is 3.13. The molecule has 3 unspecified atom stereocenters. The molecule has 1 N–H and O–H groups in total. The first-order valence-corrected chi connectivity index (χ1v) is 8.03. The third-order valence-corrected chi connectivity index (χ3v) is 4.60. The van der Waals surface area contributed by atoms with Crippen LogP contribution in [0.2, 0.25) is 0 Å². The normalized spacial score (nSPS) is 21.3. The number of hydrogen-bond donors (Lipinski definition) is 1. The van der Waals surface area contributed by atoms with Crippen molar-refractivity contribution in [1.82, 2.24) is 19.6 Å². The van der Waals surface area contributed by atoms with E-state index >= 15 is 0 Å². The predicted octanol–water partition coefficient (Wildman–Crippen LogP) is 3.95. The topological polar surface area (TPSA) is 55.1 Å². The summed E-state index contributed by atoms with van der Waals surface area (Å²) in [6, 6.07) is 10.6. The molecule has 0 amide bonds. The average Bonchev–Trinajstić information content (AvgIpc) is 3.10. The molecule has 0 spiro atoms. The fourth-order valence-electron chi connectivity index (χ4n) is 3.13. The molecule has 130 valence electrons. The van der Waals surface area contributed by atoms with E-state index in [0.717, 1.165) is 18.1 Å². The fraction of sp³-hybridized carbons (Fsp3) is 0.353. The molecule has 1 aliphatic carbocycles. The van der Waals surface area contributed by atoms with E-state index in [0.29, 0.717) is 11.8 Å². The summed E-state index contributed by atoms with van der Waals surface area (Å²) in [6.07, 6.45) is -2.31. The molecule has 1 aromatic carbocycles. The van der Waals surface area contributed by atoms with E-state index in [1.54, 1.807) is 0 Å². The van der Waals surface area contributed by atoms with Gasteiger partial charge in [0.15, 0.2) is 5.69 Å². The van der Waals surface area contributed by atoms with Gasteiger partial charge in [0.1, 0.15) is 12.1 Å². The van der Waals surface area contributed by atoms with Gasteiger partial charge in [-0.3, -0.25) is 0 Å². The van der Waals surface area contributed by atoms with Crippen LogP contribution in [-0.2, 0) is 6.18 Å². The maximum atomic E-state index is 13.1. The van der Waals surface area contributed by atoms with E-state index in [2.05, 4.69) is 27.3 Å². The van der Waals surface area contributed by atoms with Crippen molar-refractivity contribution in [3.63, 3.8) is 0 Å². The third-order valence-electron chi connectivity index (χ3n) is 4.60. The lowest BCUT2D eigenvalue weighted by atomic mass is 10.0. The minimum Gasteiger partial charge on any atom is -0.363 e. The van der Waals surface area contributed by atoms with Crippen molar-refractivity contribution in [3.05, 3.63) is 54.0 Å². The summed E-state index contributed by atoms with van der Waals surface area (Å²) in [5.74, 6) is 1.05. The number of nitrogens with zero attached hydrogens (tertiary/aromatic N) is 4. The van der Waals surface area contributed by atoms with Gasteiger partial charge in [-0.1, -0.05) is 37.3 Å². The van der Waals surface area contributed by atoms with Crippen LogP contribution in [0.4, 0.5) is 19.0 Å². The Morgan fingerprint density at radius 2 is 1.96 bits per heavy atom. The highest BCUT2D eigenvalue weighted by Crippen LogP contribution is 2.48. The first-order valence-electron chi connectivity index (χ1n) is 8.03. The standard InChI is InChI=1S/C17H16F3N5/c1-10-7-12(10)15(11-5-3-2-4-6-11)24-14-8-13(17(18,19)20)23-16-21-9-22-25(14)16/h2-6,8-10,12,15,24H,7H2,1H3. The second kappa shape index (κ2) is 5.72. The Kier molecular flexibility index (Phi) is 3.63. The highest BCUT2D eigenvalue weighted by molar-refractivity contribution is 5.48. The lowest BCUT2D eigenvalue weighted by Gasteiger charge is -2.21. The zero-order valence-corrected chi connectivity index (χ0v) is 13.4. The molecule has 1 aliphatic rings. The summed E-state index contributed by atoms with van der Waals surface area (Å²) in [4.78, 5) is 7.36. The Balaban J connectivity index is 1.76. The summed E-state index contributed by atoms with van der Waals surface area (Å²) >= 11 is 0. The van der Waals surface area contributed by atoms with Crippen LogP contribution in [0.15, 0.2) is 42.7 Å². The first kappa shape index (κ1) is 15.9. The van der Waals surface area contributed by atoms with Crippen molar-refractivity contribution in [2.45, 2.75) is 25.6 Å². The maximum Gasteiger partial charge on any atom is 0.433 e. The minimum absolute atomic E-state index is 0.0759. The molecule has 3 aromatic rings. The van der Waals surface area contributed by atoms with Gasteiger partial charge in [-0.15, -0.1) is 0 Å². The number of fused-ring (bicyclic) bond motifs is 1. The van der Waals surface area contributed by atoms with Crippen LogP contribution < -0.4 is 5.32 Å². The molecule has 1 saturated carbocycles. The van der Waals surface area contributed by atoms with Gasteiger partial charge in [-0.05, 0) is 23.8 Å². The third kappa shape index (κ3) is 3.04. The first-order chi connectivity index (χ1) is 11.9. The number of alkyl halides is 3. The molecule has 25 heavy (non-hydrogen) atoms. The number of anilines is 1. The lowest BCUT2D eigenvalue weighted by Crippen LogP contribution is -2.18. The molecule has 1 fully saturated rings. The van der Waals surface area contributed by atoms with Gasteiger partial charge in [0.05, 0.1) is 6.04 Å². The summed E-state index contributed by atoms with van der Waals surface area (Å²) in [6.45, 7) is 2.14. The second-order valence-electron chi connectivity index (χ2n) is 6.41.